The van der Waals surface area contributed by atoms with Gasteiger partial charge < -0.3 is 10.0 Å². The number of phenols is 1. The van der Waals surface area contributed by atoms with Gasteiger partial charge in [-0.3, -0.25) is 4.79 Å². The molecule has 3 aromatic rings. The molecule has 1 atom stereocenters. The summed E-state index contributed by atoms with van der Waals surface area (Å²) in [6.07, 6.45) is 1.40. The lowest BCUT2D eigenvalue weighted by molar-refractivity contribution is -0.119. The first-order valence-electron chi connectivity index (χ1n) is 8.80. The zero-order valence-corrected chi connectivity index (χ0v) is 14.3. The minimum Gasteiger partial charge on any atom is -0.508 e. The topological polar surface area (TPSA) is 40.5 Å². The Bertz CT molecular complexity index is 930. The summed E-state index contributed by atoms with van der Waals surface area (Å²) in [6, 6.07) is 19.8. The molecule has 1 heterocycles. The maximum atomic E-state index is 12.8. The predicted molar refractivity (Wildman–Crippen MR) is 101 cm³/mol. The highest BCUT2D eigenvalue weighted by molar-refractivity contribution is 6.03. The number of aromatic hydroxyl groups is 1. The Morgan fingerprint density at radius 2 is 1.80 bits per heavy atom. The van der Waals surface area contributed by atoms with E-state index in [1.54, 1.807) is 12.1 Å². The molecule has 0 bridgehead atoms. The standard InChI is InChI=1S/C22H21NO2/c1-2-13-23-20-12-9-15-5-3-4-6-18(15)22(20)19(14-21(23)25)16-7-10-17(24)11-8-16/h3-12,19,24H,2,13-14H2,1H3. The van der Waals surface area contributed by atoms with Gasteiger partial charge >= 0.3 is 0 Å². The molecule has 3 heteroatoms. The lowest BCUT2D eigenvalue weighted by atomic mass is 9.81. The number of anilines is 1. The van der Waals surface area contributed by atoms with Crippen molar-refractivity contribution in [1.82, 2.24) is 0 Å². The maximum Gasteiger partial charge on any atom is 0.227 e. The Balaban J connectivity index is 1.96. The minimum atomic E-state index is 0.0160. The minimum absolute atomic E-state index is 0.0160. The van der Waals surface area contributed by atoms with Gasteiger partial charge in [-0.2, -0.15) is 0 Å². The maximum absolute atomic E-state index is 12.8. The third kappa shape index (κ3) is 2.66. The molecule has 3 nitrogen and oxygen atoms in total. The highest BCUT2D eigenvalue weighted by Gasteiger charge is 2.33. The summed E-state index contributed by atoms with van der Waals surface area (Å²) in [5.41, 5.74) is 3.31. The van der Waals surface area contributed by atoms with Crippen LogP contribution in [0.25, 0.3) is 10.8 Å². The molecule has 25 heavy (non-hydrogen) atoms. The molecule has 1 aliphatic heterocycles. The average Bonchev–Trinajstić information content (AvgIpc) is 2.64. The van der Waals surface area contributed by atoms with Crippen LogP contribution in [0.3, 0.4) is 0 Å². The van der Waals surface area contributed by atoms with Crippen LogP contribution >= 0.6 is 0 Å². The summed E-state index contributed by atoms with van der Waals surface area (Å²) in [7, 11) is 0. The number of hydrogen-bond acceptors (Lipinski definition) is 2. The molecule has 0 spiro atoms. The zero-order chi connectivity index (χ0) is 17.4. The van der Waals surface area contributed by atoms with E-state index in [4.69, 9.17) is 0 Å². The SMILES string of the molecule is CCCN1C(=O)CC(c2ccc(O)cc2)c2c1ccc1ccccc21. The highest BCUT2D eigenvalue weighted by atomic mass is 16.3. The Kier molecular flexibility index (Phi) is 3.92. The largest absolute Gasteiger partial charge is 0.508 e. The molecule has 126 valence electrons. The normalized spacial score (nSPS) is 16.9. The molecule has 1 amide bonds. The first-order valence-corrected chi connectivity index (χ1v) is 8.80. The van der Waals surface area contributed by atoms with Crippen molar-refractivity contribution in [2.45, 2.75) is 25.7 Å². The van der Waals surface area contributed by atoms with Gasteiger partial charge in [0.05, 0.1) is 0 Å². The Morgan fingerprint density at radius 1 is 1.04 bits per heavy atom. The van der Waals surface area contributed by atoms with Crippen LogP contribution in [-0.2, 0) is 4.79 Å². The molecule has 0 saturated heterocycles. The predicted octanol–water partition coefficient (Wildman–Crippen LogP) is 4.82. The van der Waals surface area contributed by atoms with Gasteiger partial charge in [-0.05, 0) is 46.5 Å². The third-order valence-corrected chi connectivity index (χ3v) is 5.01. The quantitative estimate of drug-likeness (QED) is 0.747. The van der Waals surface area contributed by atoms with E-state index in [-0.39, 0.29) is 17.6 Å². The van der Waals surface area contributed by atoms with Crippen LogP contribution in [0.15, 0.2) is 60.7 Å². The second-order valence-corrected chi connectivity index (χ2v) is 6.61. The van der Waals surface area contributed by atoms with E-state index in [9.17, 15) is 9.90 Å². The second kappa shape index (κ2) is 6.25. The van der Waals surface area contributed by atoms with E-state index in [1.807, 2.05) is 23.1 Å². The fourth-order valence-electron chi connectivity index (χ4n) is 3.87. The number of carbonyl (C=O) groups is 1. The summed E-state index contributed by atoms with van der Waals surface area (Å²) in [6.45, 7) is 2.84. The van der Waals surface area contributed by atoms with Gasteiger partial charge in [0.2, 0.25) is 5.91 Å². The summed E-state index contributed by atoms with van der Waals surface area (Å²) in [5, 5.41) is 12.0. The van der Waals surface area contributed by atoms with Crippen molar-refractivity contribution in [3.8, 4) is 5.75 Å². The molecule has 0 fully saturated rings. The Labute approximate surface area is 147 Å². The number of fused-ring (bicyclic) bond motifs is 3. The van der Waals surface area contributed by atoms with Crippen molar-refractivity contribution in [3.63, 3.8) is 0 Å². The molecular weight excluding hydrogens is 310 g/mol. The molecule has 0 aliphatic carbocycles. The van der Waals surface area contributed by atoms with Gasteiger partial charge in [-0.1, -0.05) is 49.4 Å². The summed E-state index contributed by atoms with van der Waals surface area (Å²) < 4.78 is 0. The number of amides is 1. The number of phenolic OH excluding ortho intramolecular Hbond substituents is 1. The lowest BCUT2D eigenvalue weighted by Gasteiger charge is -2.35. The van der Waals surface area contributed by atoms with Crippen LogP contribution in [0.2, 0.25) is 0 Å². The molecule has 1 N–H and O–H groups in total. The molecule has 1 unspecified atom stereocenters. The number of hydrogen-bond donors (Lipinski definition) is 1. The number of rotatable bonds is 3. The van der Waals surface area contributed by atoms with E-state index in [0.29, 0.717) is 6.42 Å². The molecule has 0 aromatic heterocycles. The Hall–Kier alpha value is -2.81. The van der Waals surface area contributed by atoms with E-state index < -0.39 is 0 Å². The van der Waals surface area contributed by atoms with Crippen LogP contribution in [0.5, 0.6) is 5.75 Å². The van der Waals surface area contributed by atoms with Gasteiger partial charge in [0.15, 0.2) is 0 Å². The van der Waals surface area contributed by atoms with Crippen LogP contribution < -0.4 is 4.90 Å². The van der Waals surface area contributed by atoms with E-state index >= 15 is 0 Å². The zero-order valence-electron chi connectivity index (χ0n) is 14.3. The van der Waals surface area contributed by atoms with Crippen LogP contribution in [0.4, 0.5) is 5.69 Å². The second-order valence-electron chi connectivity index (χ2n) is 6.61. The Morgan fingerprint density at radius 3 is 2.56 bits per heavy atom. The molecule has 0 radical (unpaired) electrons. The van der Waals surface area contributed by atoms with Crippen molar-refractivity contribution in [3.05, 3.63) is 71.8 Å². The monoisotopic (exact) mass is 331 g/mol. The average molecular weight is 331 g/mol. The summed E-state index contributed by atoms with van der Waals surface area (Å²) >= 11 is 0. The van der Waals surface area contributed by atoms with Crippen molar-refractivity contribution in [2.75, 3.05) is 11.4 Å². The first kappa shape index (κ1) is 15.7. The van der Waals surface area contributed by atoms with Gasteiger partial charge in [-0.25, -0.2) is 0 Å². The smallest absolute Gasteiger partial charge is 0.227 e. The summed E-state index contributed by atoms with van der Waals surface area (Å²) in [4.78, 5) is 14.7. The van der Waals surface area contributed by atoms with Gasteiger partial charge in [0.25, 0.3) is 0 Å². The number of nitrogens with zero attached hydrogens (tertiary/aromatic N) is 1. The van der Waals surface area contributed by atoms with E-state index in [2.05, 4.69) is 37.3 Å². The van der Waals surface area contributed by atoms with Crippen molar-refractivity contribution < 1.29 is 9.90 Å². The highest BCUT2D eigenvalue weighted by Crippen LogP contribution is 2.44. The third-order valence-electron chi connectivity index (χ3n) is 5.01. The first-order chi connectivity index (χ1) is 12.2. The van der Waals surface area contributed by atoms with Gasteiger partial charge in [0.1, 0.15) is 5.75 Å². The van der Waals surface area contributed by atoms with Crippen LogP contribution in [0, 0.1) is 0 Å². The van der Waals surface area contributed by atoms with Crippen molar-refractivity contribution in [2.24, 2.45) is 0 Å². The van der Waals surface area contributed by atoms with Crippen LogP contribution in [0.1, 0.15) is 36.8 Å². The number of benzene rings is 3. The molecule has 0 saturated carbocycles. The fourth-order valence-corrected chi connectivity index (χ4v) is 3.87. The molecule has 3 aromatic carbocycles. The lowest BCUT2D eigenvalue weighted by Crippen LogP contribution is -2.37. The van der Waals surface area contributed by atoms with E-state index in [1.165, 1.54) is 16.3 Å². The fraction of sp³-hybridized carbons (Fsp3) is 0.227. The van der Waals surface area contributed by atoms with Crippen molar-refractivity contribution >= 4 is 22.4 Å². The summed E-state index contributed by atoms with van der Waals surface area (Å²) in [5.74, 6) is 0.432. The molecular formula is C22H21NO2. The molecule has 1 aliphatic rings. The van der Waals surface area contributed by atoms with Gasteiger partial charge in [-0.15, -0.1) is 0 Å². The number of carbonyl (C=O) groups excluding carboxylic acids is 1. The van der Waals surface area contributed by atoms with Gasteiger partial charge in [0, 0.05) is 24.6 Å². The van der Waals surface area contributed by atoms with Crippen molar-refractivity contribution in [1.29, 1.82) is 0 Å². The van der Waals surface area contributed by atoms with Crippen LogP contribution in [-0.4, -0.2) is 17.6 Å². The molecule has 4 rings (SSSR count). The van der Waals surface area contributed by atoms with E-state index in [0.717, 1.165) is 24.2 Å².